The molecule has 1 aromatic carbocycles. The Morgan fingerprint density at radius 3 is 2.60 bits per heavy atom. The van der Waals surface area contributed by atoms with E-state index in [4.69, 9.17) is 4.74 Å². The lowest BCUT2D eigenvalue weighted by Crippen LogP contribution is -2.36. The first-order valence-electron chi connectivity index (χ1n) is 6.26. The molecule has 1 aromatic rings. The van der Waals surface area contributed by atoms with Gasteiger partial charge in [0.05, 0.1) is 11.5 Å². The minimum atomic E-state index is -3.56. The molecule has 20 heavy (non-hydrogen) atoms. The van der Waals surface area contributed by atoms with Gasteiger partial charge in [-0.2, -0.15) is 0 Å². The van der Waals surface area contributed by atoms with Crippen LogP contribution in [-0.2, 0) is 21.3 Å². The average Bonchev–Trinajstić information content (AvgIpc) is 2.33. The quantitative estimate of drug-likeness (QED) is 0.773. The van der Waals surface area contributed by atoms with E-state index in [9.17, 15) is 8.42 Å². The van der Waals surface area contributed by atoms with E-state index in [-0.39, 0.29) is 6.04 Å². The van der Waals surface area contributed by atoms with E-state index in [2.05, 4.69) is 26.0 Å². The standard InChI is InChI=1S/C13H21BrN2O3S/c1-9(8-19-4)16-20(17,18)13-6-11(7-15-3)5-12(14)10(13)2/h5-6,9,15-16H,7-8H2,1-4H3. The molecule has 2 N–H and O–H groups in total. The summed E-state index contributed by atoms with van der Waals surface area (Å²) < 4.78 is 33.2. The van der Waals surface area contributed by atoms with Crippen LogP contribution in [0.15, 0.2) is 21.5 Å². The molecule has 1 unspecified atom stereocenters. The van der Waals surface area contributed by atoms with Gasteiger partial charge in [0, 0.05) is 24.2 Å². The summed E-state index contributed by atoms with van der Waals surface area (Å²) in [6.45, 7) is 4.48. The fraction of sp³-hybridized carbons (Fsp3) is 0.538. The predicted octanol–water partition coefficient (Wildman–Crippen LogP) is 1.79. The van der Waals surface area contributed by atoms with Gasteiger partial charge >= 0.3 is 0 Å². The first kappa shape index (κ1) is 17.6. The van der Waals surface area contributed by atoms with Gasteiger partial charge in [0.1, 0.15) is 0 Å². The zero-order valence-electron chi connectivity index (χ0n) is 12.2. The van der Waals surface area contributed by atoms with Crippen molar-refractivity contribution in [1.29, 1.82) is 0 Å². The minimum Gasteiger partial charge on any atom is -0.383 e. The number of hydrogen-bond acceptors (Lipinski definition) is 4. The number of methoxy groups -OCH3 is 1. The molecule has 5 nitrogen and oxygen atoms in total. The van der Waals surface area contributed by atoms with Gasteiger partial charge in [-0.25, -0.2) is 13.1 Å². The number of nitrogens with one attached hydrogen (secondary N) is 2. The van der Waals surface area contributed by atoms with Crippen LogP contribution >= 0.6 is 15.9 Å². The Hall–Kier alpha value is -0.470. The van der Waals surface area contributed by atoms with Crippen LogP contribution in [0.1, 0.15) is 18.1 Å². The van der Waals surface area contributed by atoms with E-state index in [1.807, 2.05) is 13.1 Å². The highest BCUT2D eigenvalue weighted by molar-refractivity contribution is 9.10. The van der Waals surface area contributed by atoms with Crippen molar-refractivity contribution in [3.63, 3.8) is 0 Å². The third-order valence-corrected chi connectivity index (χ3v) is 5.34. The molecule has 1 rings (SSSR count). The van der Waals surface area contributed by atoms with Crippen LogP contribution < -0.4 is 10.0 Å². The molecule has 0 aliphatic carbocycles. The van der Waals surface area contributed by atoms with E-state index in [0.29, 0.717) is 23.6 Å². The highest BCUT2D eigenvalue weighted by Gasteiger charge is 2.21. The van der Waals surface area contributed by atoms with Crippen LogP contribution in [0.5, 0.6) is 0 Å². The number of halogens is 1. The van der Waals surface area contributed by atoms with Crippen LogP contribution in [0.3, 0.4) is 0 Å². The Morgan fingerprint density at radius 1 is 1.40 bits per heavy atom. The lowest BCUT2D eigenvalue weighted by atomic mass is 10.1. The molecule has 0 saturated carbocycles. The molecular formula is C13H21BrN2O3S. The van der Waals surface area contributed by atoms with Gasteiger partial charge in [0.15, 0.2) is 0 Å². The molecule has 0 aliphatic heterocycles. The van der Waals surface area contributed by atoms with Crippen molar-refractivity contribution in [1.82, 2.24) is 10.0 Å². The number of ether oxygens (including phenoxy) is 1. The number of hydrogen-bond donors (Lipinski definition) is 2. The summed E-state index contributed by atoms with van der Waals surface area (Å²) in [4.78, 5) is 0.292. The van der Waals surface area contributed by atoms with Gasteiger partial charge in [-0.1, -0.05) is 15.9 Å². The molecule has 0 amide bonds. The molecule has 114 valence electrons. The maximum Gasteiger partial charge on any atom is 0.241 e. The van der Waals surface area contributed by atoms with Crippen LogP contribution in [0.25, 0.3) is 0 Å². The summed E-state index contributed by atoms with van der Waals surface area (Å²) in [5.74, 6) is 0. The number of rotatable bonds is 7. The van der Waals surface area contributed by atoms with E-state index in [0.717, 1.165) is 10.0 Å². The SMILES string of the molecule is CNCc1cc(Br)c(C)c(S(=O)(=O)NC(C)COC)c1. The Labute approximate surface area is 129 Å². The van der Waals surface area contributed by atoms with Crippen LogP contribution in [0.4, 0.5) is 0 Å². The molecule has 0 bridgehead atoms. The second kappa shape index (κ2) is 7.51. The molecule has 0 fully saturated rings. The topological polar surface area (TPSA) is 67.4 Å². The molecule has 0 aliphatic rings. The Balaban J connectivity index is 3.16. The maximum absolute atomic E-state index is 12.4. The number of sulfonamides is 1. The van der Waals surface area contributed by atoms with Gasteiger partial charge in [0.25, 0.3) is 0 Å². The largest absolute Gasteiger partial charge is 0.383 e. The van der Waals surface area contributed by atoms with Crippen molar-refractivity contribution in [2.75, 3.05) is 20.8 Å². The lowest BCUT2D eigenvalue weighted by Gasteiger charge is -2.16. The van der Waals surface area contributed by atoms with Crippen molar-refractivity contribution in [2.45, 2.75) is 31.3 Å². The van der Waals surface area contributed by atoms with Gasteiger partial charge in [-0.3, -0.25) is 0 Å². The van der Waals surface area contributed by atoms with Crippen molar-refractivity contribution in [2.24, 2.45) is 0 Å². The first-order valence-corrected chi connectivity index (χ1v) is 8.54. The molecule has 0 saturated heterocycles. The summed E-state index contributed by atoms with van der Waals surface area (Å²) >= 11 is 3.41. The summed E-state index contributed by atoms with van der Waals surface area (Å²) in [7, 11) is -0.201. The smallest absolute Gasteiger partial charge is 0.241 e. The van der Waals surface area contributed by atoms with Crippen LogP contribution in [0, 0.1) is 6.92 Å². The van der Waals surface area contributed by atoms with Gasteiger partial charge in [0.2, 0.25) is 10.0 Å². The molecular weight excluding hydrogens is 344 g/mol. The van der Waals surface area contributed by atoms with Crippen molar-refractivity contribution in [3.05, 3.63) is 27.7 Å². The number of benzene rings is 1. The molecule has 1 atom stereocenters. The second-order valence-electron chi connectivity index (χ2n) is 4.71. The second-order valence-corrected chi connectivity index (χ2v) is 7.25. The first-order chi connectivity index (χ1) is 9.31. The van der Waals surface area contributed by atoms with Gasteiger partial charge < -0.3 is 10.1 Å². The van der Waals surface area contributed by atoms with E-state index < -0.39 is 10.0 Å². The minimum absolute atomic E-state index is 0.281. The van der Waals surface area contributed by atoms with E-state index in [1.54, 1.807) is 27.0 Å². The third kappa shape index (κ3) is 4.53. The zero-order valence-corrected chi connectivity index (χ0v) is 14.6. The molecule has 0 radical (unpaired) electrons. The highest BCUT2D eigenvalue weighted by atomic mass is 79.9. The average molecular weight is 365 g/mol. The fourth-order valence-electron chi connectivity index (χ4n) is 1.90. The molecule has 0 spiro atoms. The van der Waals surface area contributed by atoms with Gasteiger partial charge in [-0.05, 0) is 44.2 Å². The molecule has 0 aromatic heterocycles. The Bertz CT molecular complexity index is 561. The lowest BCUT2D eigenvalue weighted by molar-refractivity contribution is 0.180. The van der Waals surface area contributed by atoms with Crippen molar-refractivity contribution in [3.8, 4) is 0 Å². The predicted molar refractivity (Wildman–Crippen MR) is 83.3 cm³/mol. The summed E-state index contributed by atoms with van der Waals surface area (Å²) in [5, 5.41) is 3.01. The zero-order chi connectivity index (χ0) is 15.3. The Morgan fingerprint density at radius 2 is 2.05 bits per heavy atom. The van der Waals surface area contributed by atoms with E-state index in [1.165, 1.54) is 0 Å². The van der Waals surface area contributed by atoms with Crippen molar-refractivity contribution >= 4 is 26.0 Å². The normalized spacial score (nSPS) is 13.4. The highest BCUT2D eigenvalue weighted by Crippen LogP contribution is 2.26. The molecule has 0 heterocycles. The maximum atomic E-state index is 12.4. The third-order valence-electron chi connectivity index (χ3n) is 2.80. The summed E-state index contributed by atoms with van der Waals surface area (Å²) in [6.07, 6.45) is 0. The van der Waals surface area contributed by atoms with Gasteiger partial charge in [-0.15, -0.1) is 0 Å². The van der Waals surface area contributed by atoms with Crippen LogP contribution in [-0.4, -0.2) is 35.2 Å². The van der Waals surface area contributed by atoms with Crippen molar-refractivity contribution < 1.29 is 13.2 Å². The Kier molecular flexibility index (Phi) is 6.60. The fourth-order valence-corrected chi connectivity index (χ4v) is 4.09. The monoisotopic (exact) mass is 364 g/mol. The summed E-state index contributed by atoms with van der Waals surface area (Å²) in [5.41, 5.74) is 1.60. The molecule has 7 heteroatoms. The summed E-state index contributed by atoms with van der Waals surface area (Å²) in [6, 6.07) is 3.33. The van der Waals surface area contributed by atoms with Crippen LogP contribution in [0.2, 0.25) is 0 Å². The van der Waals surface area contributed by atoms with E-state index >= 15 is 0 Å².